The molecule has 0 atom stereocenters. The predicted octanol–water partition coefficient (Wildman–Crippen LogP) is 4.52. The monoisotopic (exact) mass is 433 g/mol. The molecule has 1 N–H and O–H groups in total. The molecule has 158 valence electrons. The third-order valence-corrected chi connectivity index (χ3v) is 5.87. The molecule has 0 saturated carbocycles. The minimum absolute atomic E-state index is 0.0321. The summed E-state index contributed by atoms with van der Waals surface area (Å²) in [6.45, 7) is 1.01. The Morgan fingerprint density at radius 2 is 1.90 bits per heavy atom. The van der Waals surface area contributed by atoms with Gasteiger partial charge in [-0.2, -0.15) is 0 Å². The smallest absolute Gasteiger partial charge is 0.227 e. The molecule has 0 aliphatic carbocycles. The molecule has 1 aromatic heterocycles. The van der Waals surface area contributed by atoms with Gasteiger partial charge in [0.1, 0.15) is 12.4 Å². The first-order valence-corrected chi connectivity index (χ1v) is 11.1. The summed E-state index contributed by atoms with van der Waals surface area (Å²) in [4.78, 5) is 32.2. The number of amides is 2. The summed E-state index contributed by atoms with van der Waals surface area (Å²) in [6, 6.07) is 20.7. The van der Waals surface area contributed by atoms with Crippen molar-refractivity contribution in [3.05, 3.63) is 78.6 Å². The Morgan fingerprint density at radius 3 is 2.77 bits per heavy atom. The quantitative estimate of drug-likeness (QED) is 0.593. The molecule has 7 heteroatoms. The second-order valence-electron chi connectivity index (χ2n) is 7.05. The maximum atomic E-state index is 12.7. The van der Waals surface area contributed by atoms with Crippen molar-refractivity contribution in [3.63, 3.8) is 0 Å². The van der Waals surface area contributed by atoms with Crippen LogP contribution in [0.3, 0.4) is 0 Å². The van der Waals surface area contributed by atoms with Gasteiger partial charge in [0.05, 0.1) is 11.4 Å². The van der Waals surface area contributed by atoms with Crippen LogP contribution in [-0.4, -0.2) is 29.1 Å². The van der Waals surface area contributed by atoms with Crippen molar-refractivity contribution >= 4 is 35.0 Å². The maximum Gasteiger partial charge on any atom is 0.227 e. The van der Waals surface area contributed by atoms with Crippen LogP contribution in [0, 0.1) is 0 Å². The van der Waals surface area contributed by atoms with Gasteiger partial charge >= 0.3 is 0 Å². The molecule has 6 nitrogen and oxygen atoms in total. The van der Waals surface area contributed by atoms with Crippen molar-refractivity contribution in [2.24, 2.45) is 0 Å². The number of benzene rings is 2. The maximum absolute atomic E-state index is 12.7. The van der Waals surface area contributed by atoms with E-state index in [-0.39, 0.29) is 24.7 Å². The number of fused-ring (bicyclic) bond motifs is 1. The zero-order chi connectivity index (χ0) is 21.5. The van der Waals surface area contributed by atoms with E-state index >= 15 is 0 Å². The van der Waals surface area contributed by atoms with Gasteiger partial charge in [0.25, 0.3) is 0 Å². The molecule has 3 aromatic rings. The van der Waals surface area contributed by atoms with Crippen LogP contribution in [0.5, 0.6) is 5.75 Å². The second-order valence-corrected chi connectivity index (χ2v) is 8.18. The highest BCUT2D eigenvalue weighted by atomic mass is 32.2. The summed E-state index contributed by atoms with van der Waals surface area (Å²) in [5, 5.41) is 2.85. The molecule has 0 spiro atoms. The van der Waals surface area contributed by atoms with Crippen molar-refractivity contribution in [1.29, 1.82) is 0 Å². The van der Waals surface area contributed by atoms with E-state index in [0.29, 0.717) is 24.6 Å². The summed E-state index contributed by atoms with van der Waals surface area (Å²) in [6.07, 6.45) is 2.02. The van der Waals surface area contributed by atoms with E-state index in [2.05, 4.69) is 10.3 Å². The van der Waals surface area contributed by atoms with Gasteiger partial charge in [-0.3, -0.25) is 14.6 Å². The van der Waals surface area contributed by atoms with Crippen LogP contribution in [-0.2, 0) is 16.2 Å². The van der Waals surface area contributed by atoms with Crippen LogP contribution in [0.2, 0.25) is 0 Å². The molecule has 1 aliphatic rings. The number of carbonyl (C=O) groups is 2. The molecule has 2 heterocycles. The average molecular weight is 434 g/mol. The largest absolute Gasteiger partial charge is 0.487 e. The third kappa shape index (κ3) is 5.64. The number of ether oxygens (including phenoxy) is 1. The molecule has 0 bridgehead atoms. The number of nitrogens with zero attached hydrogens (tertiary/aromatic N) is 2. The number of anilines is 2. The predicted molar refractivity (Wildman–Crippen MR) is 122 cm³/mol. The van der Waals surface area contributed by atoms with Crippen molar-refractivity contribution in [3.8, 4) is 5.75 Å². The lowest BCUT2D eigenvalue weighted by Gasteiger charge is -2.29. The molecular weight excluding hydrogens is 410 g/mol. The van der Waals surface area contributed by atoms with Gasteiger partial charge in [-0.05, 0) is 36.4 Å². The fourth-order valence-corrected chi connectivity index (χ4v) is 4.31. The van der Waals surface area contributed by atoms with Crippen LogP contribution >= 0.6 is 11.8 Å². The van der Waals surface area contributed by atoms with E-state index in [4.69, 9.17) is 4.74 Å². The Bertz CT molecular complexity index is 1060. The highest BCUT2D eigenvalue weighted by molar-refractivity contribution is 7.99. The third-order valence-electron chi connectivity index (χ3n) is 4.83. The summed E-state index contributed by atoms with van der Waals surface area (Å²) in [5.74, 6) is 1.27. The van der Waals surface area contributed by atoms with Gasteiger partial charge in [-0.25, -0.2) is 0 Å². The zero-order valence-electron chi connectivity index (χ0n) is 17.0. The minimum atomic E-state index is -0.199. The van der Waals surface area contributed by atoms with E-state index in [1.54, 1.807) is 35.0 Å². The standard InChI is InChI=1S/C24H23N3O3S/c28-23(11-12-24(29)27-14-15-31-22-10-2-1-9-21(22)27)26-18-7-5-8-20(16-18)30-17-19-6-3-4-13-25-19/h1-10,13,16H,11-12,14-15,17H2,(H,26,28). The van der Waals surface area contributed by atoms with Gasteiger partial charge < -0.3 is 15.0 Å². The van der Waals surface area contributed by atoms with Gasteiger partial charge in [-0.1, -0.05) is 24.3 Å². The average Bonchev–Trinajstić information content (AvgIpc) is 2.82. The molecule has 2 aromatic carbocycles. The van der Waals surface area contributed by atoms with Crippen molar-refractivity contribution < 1.29 is 14.3 Å². The Kier molecular flexibility index (Phi) is 6.84. The first kappa shape index (κ1) is 20.9. The van der Waals surface area contributed by atoms with E-state index in [0.717, 1.165) is 22.0 Å². The van der Waals surface area contributed by atoms with Crippen LogP contribution in [0.1, 0.15) is 18.5 Å². The molecule has 0 saturated heterocycles. The zero-order valence-corrected chi connectivity index (χ0v) is 17.8. The SMILES string of the molecule is O=C(CCC(=O)N1CCSc2ccccc21)Nc1cccc(OCc2ccccn2)c1. The number of pyridine rings is 1. The van der Waals surface area contributed by atoms with E-state index < -0.39 is 0 Å². The first-order valence-electron chi connectivity index (χ1n) is 10.1. The highest BCUT2D eigenvalue weighted by Gasteiger charge is 2.22. The number of aromatic nitrogens is 1. The summed E-state index contributed by atoms with van der Waals surface area (Å²) >= 11 is 1.75. The number of rotatable bonds is 7. The number of nitrogens with one attached hydrogen (secondary N) is 1. The number of thioether (sulfide) groups is 1. The van der Waals surface area contributed by atoms with Gasteiger partial charge in [0.2, 0.25) is 11.8 Å². The summed E-state index contributed by atoms with van der Waals surface area (Å²) < 4.78 is 5.75. The van der Waals surface area contributed by atoms with Crippen molar-refractivity contribution in [2.45, 2.75) is 24.3 Å². The van der Waals surface area contributed by atoms with Crippen LogP contribution < -0.4 is 15.0 Å². The molecule has 0 unspecified atom stereocenters. The molecule has 0 fully saturated rings. The Labute approximate surface area is 185 Å². The van der Waals surface area contributed by atoms with Crippen molar-refractivity contribution in [2.75, 3.05) is 22.5 Å². The Hall–Kier alpha value is -3.32. The van der Waals surface area contributed by atoms with Crippen molar-refractivity contribution in [1.82, 2.24) is 4.98 Å². The van der Waals surface area contributed by atoms with E-state index in [9.17, 15) is 9.59 Å². The molecular formula is C24H23N3O3S. The topological polar surface area (TPSA) is 71.5 Å². The number of carbonyl (C=O) groups excluding carboxylic acids is 2. The lowest BCUT2D eigenvalue weighted by molar-refractivity contribution is -0.122. The van der Waals surface area contributed by atoms with Crippen LogP contribution in [0.25, 0.3) is 0 Å². The second kappa shape index (κ2) is 10.1. The summed E-state index contributed by atoms with van der Waals surface area (Å²) in [7, 11) is 0. The number of hydrogen-bond acceptors (Lipinski definition) is 5. The molecule has 31 heavy (non-hydrogen) atoms. The summed E-state index contributed by atoms with van der Waals surface area (Å²) in [5.41, 5.74) is 2.39. The van der Waals surface area contributed by atoms with Crippen LogP contribution in [0.4, 0.5) is 11.4 Å². The van der Waals surface area contributed by atoms with Gasteiger partial charge in [0, 0.05) is 48.0 Å². The normalized spacial score (nSPS) is 12.7. The molecule has 4 rings (SSSR count). The lowest BCUT2D eigenvalue weighted by atomic mass is 10.2. The Balaban J connectivity index is 1.29. The van der Waals surface area contributed by atoms with Gasteiger partial charge in [-0.15, -0.1) is 11.8 Å². The lowest BCUT2D eigenvalue weighted by Crippen LogP contribution is -2.35. The fraction of sp³-hybridized carbons (Fsp3) is 0.208. The molecule has 0 radical (unpaired) electrons. The molecule has 1 aliphatic heterocycles. The Morgan fingerprint density at radius 1 is 1.03 bits per heavy atom. The first-order chi connectivity index (χ1) is 15.2. The van der Waals surface area contributed by atoms with E-state index in [1.807, 2.05) is 54.6 Å². The fourth-order valence-electron chi connectivity index (χ4n) is 3.31. The van der Waals surface area contributed by atoms with E-state index in [1.165, 1.54) is 0 Å². The van der Waals surface area contributed by atoms with Crippen LogP contribution in [0.15, 0.2) is 77.8 Å². The minimum Gasteiger partial charge on any atom is -0.487 e. The molecule has 2 amide bonds. The van der Waals surface area contributed by atoms with Gasteiger partial charge in [0.15, 0.2) is 0 Å². The number of para-hydroxylation sites is 1. The highest BCUT2D eigenvalue weighted by Crippen LogP contribution is 2.34. The number of hydrogen-bond donors (Lipinski definition) is 1.